The molecule has 0 radical (unpaired) electrons. The lowest BCUT2D eigenvalue weighted by atomic mass is 10.1. The van der Waals surface area contributed by atoms with Gasteiger partial charge in [0.05, 0.1) is 12.5 Å². The number of amides is 2. The Morgan fingerprint density at radius 2 is 2.08 bits per heavy atom. The molecule has 24 heavy (non-hydrogen) atoms. The zero-order chi connectivity index (χ0) is 17.2. The zero-order valence-corrected chi connectivity index (χ0v) is 13.9. The number of carbonyl (C=O) groups is 2. The van der Waals surface area contributed by atoms with Gasteiger partial charge in [0.15, 0.2) is 5.03 Å². The predicted molar refractivity (Wildman–Crippen MR) is 82.8 cm³/mol. The summed E-state index contributed by atoms with van der Waals surface area (Å²) in [5.74, 6) is -0.248. The van der Waals surface area contributed by atoms with E-state index in [2.05, 4.69) is 20.8 Å². The van der Waals surface area contributed by atoms with Gasteiger partial charge >= 0.3 is 0 Å². The maximum atomic E-state index is 12.5. The molecular weight excluding hydrogens is 336 g/mol. The minimum absolute atomic E-state index is 0.0546. The summed E-state index contributed by atoms with van der Waals surface area (Å²) >= 11 is 0. The van der Waals surface area contributed by atoms with Crippen LogP contribution in [0.3, 0.4) is 0 Å². The van der Waals surface area contributed by atoms with Gasteiger partial charge in [-0.3, -0.25) is 15.0 Å². The summed E-state index contributed by atoms with van der Waals surface area (Å²) in [5.41, 5.74) is 5.18. The number of H-pyrrole nitrogens is 1. The summed E-state index contributed by atoms with van der Waals surface area (Å²) in [5, 5.41) is 0.0546. The van der Waals surface area contributed by atoms with Crippen molar-refractivity contribution >= 4 is 21.8 Å². The first-order chi connectivity index (χ1) is 11.5. The molecule has 0 aliphatic carbocycles. The molecule has 3 heterocycles. The van der Waals surface area contributed by atoms with E-state index in [1.54, 1.807) is 4.90 Å². The van der Waals surface area contributed by atoms with Crippen LogP contribution in [-0.2, 0) is 19.6 Å². The lowest BCUT2D eigenvalue weighted by Crippen LogP contribution is -2.56. The van der Waals surface area contributed by atoms with Gasteiger partial charge in [-0.2, -0.15) is 4.31 Å². The molecule has 2 aliphatic rings. The van der Waals surface area contributed by atoms with Crippen molar-refractivity contribution in [3.8, 4) is 0 Å². The van der Waals surface area contributed by atoms with Crippen molar-refractivity contribution in [1.29, 1.82) is 0 Å². The summed E-state index contributed by atoms with van der Waals surface area (Å²) in [7, 11) is -3.62. The quantitative estimate of drug-likeness (QED) is 0.599. The molecule has 1 aromatic heterocycles. The second-order valence-corrected chi connectivity index (χ2v) is 7.69. The first kappa shape index (κ1) is 16.9. The van der Waals surface area contributed by atoms with E-state index in [1.807, 2.05) is 0 Å². The number of carbonyl (C=O) groups excluding carboxylic acids is 2. The second-order valence-electron chi connectivity index (χ2n) is 5.78. The number of imidazole rings is 1. The van der Waals surface area contributed by atoms with Crippen LogP contribution in [0.4, 0.5) is 0 Å². The number of nitrogens with one attached hydrogen (secondary N) is 3. The van der Waals surface area contributed by atoms with Gasteiger partial charge in [-0.05, 0) is 12.8 Å². The predicted octanol–water partition coefficient (Wildman–Crippen LogP) is -1.58. The summed E-state index contributed by atoms with van der Waals surface area (Å²) in [6, 6.07) is -0.460. The van der Waals surface area contributed by atoms with E-state index in [0.29, 0.717) is 38.9 Å². The number of aromatic amines is 1. The van der Waals surface area contributed by atoms with E-state index < -0.39 is 16.1 Å². The molecule has 0 saturated carbocycles. The van der Waals surface area contributed by atoms with Gasteiger partial charge < -0.3 is 9.88 Å². The standard InChI is InChI=1S/C13H20N6O4S/c20-11-3-2-10(16-17-11)13(21)18-4-1-5-19(7-6-18)24(22,23)12-8-14-9-15-12/h8-10,16H,1-7H2,(H,14,15)(H,17,20). The number of sulfonamides is 1. The van der Waals surface area contributed by atoms with E-state index in [0.717, 1.165) is 0 Å². The van der Waals surface area contributed by atoms with Crippen LogP contribution in [0, 0.1) is 0 Å². The molecule has 10 nitrogen and oxygen atoms in total. The molecule has 3 N–H and O–H groups in total. The maximum absolute atomic E-state index is 12.5. The Balaban J connectivity index is 1.63. The van der Waals surface area contributed by atoms with Crippen LogP contribution in [0.1, 0.15) is 19.3 Å². The van der Waals surface area contributed by atoms with Crippen LogP contribution in [0.25, 0.3) is 0 Å². The molecule has 3 rings (SSSR count). The molecular formula is C13H20N6O4S. The topological polar surface area (TPSA) is 128 Å². The summed E-state index contributed by atoms with van der Waals surface area (Å²) < 4.78 is 26.4. The zero-order valence-electron chi connectivity index (χ0n) is 13.1. The Labute approximate surface area is 139 Å². The molecule has 11 heteroatoms. The Hall–Kier alpha value is -1.98. The number of hydrogen-bond donors (Lipinski definition) is 3. The molecule has 0 spiro atoms. The first-order valence-corrected chi connectivity index (χ1v) is 9.24. The van der Waals surface area contributed by atoms with Gasteiger partial charge in [-0.25, -0.2) is 18.8 Å². The number of hydrazine groups is 1. The molecule has 2 aliphatic heterocycles. The minimum Gasteiger partial charge on any atom is -0.340 e. The van der Waals surface area contributed by atoms with E-state index in [-0.39, 0.29) is 23.4 Å². The van der Waals surface area contributed by atoms with E-state index >= 15 is 0 Å². The average molecular weight is 356 g/mol. The van der Waals surface area contributed by atoms with Gasteiger partial charge in [-0.1, -0.05) is 0 Å². The molecule has 132 valence electrons. The number of nitrogens with zero attached hydrogens (tertiary/aromatic N) is 3. The van der Waals surface area contributed by atoms with Gasteiger partial charge in [0.2, 0.25) is 11.8 Å². The van der Waals surface area contributed by atoms with Crippen LogP contribution in [0.15, 0.2) is 17.6 Å². The normalized spacial score (nSPS) is 23.6. The van der Waals surface area contributed by atoms with Crippen molar-refractivity contribution in [1.82, 2.24) is 30.0 Å². The molecule has 1 unspecified atom stereocenters. The first-order valence-electron chi connectivity index (χ1n) is 7.80. The van der Waals surface area contributed by atoms with Gasteiger partial charge in [0, 0.05) is 32.6 Å². The minimum atomic E-state index is -3.62. The lowest BCUT2D eigenvalue weighted by molar-refractivity contribution is -0.136. The van der Waals surface area contributed by atoms with E-state index in [1.165, 1.54) is 16.8 Å². The Morgan fingerprint density at radius 1 is 1.25 bits per heavy atom. The molecule has 0 aromatic carbocycles. The molecule has 2 saturated heterocycles. The fourth-order valence-corrected chi connectivity index (χ4v) is 4.23. The smallest absolute Gasteiger partial charge is 0.260 e. The van der Waals surface area contributed by atoms with Crippen molar-refractivity contribution in [3.63, 3.8) is 0 Å². The molecule has 2 fully saturated rings. The van der Waals surface area contributed by atoms with Crippen LogP contribution >= 0.6 is 0 Å². The van der Waals surface area contributed by atoms with Crippen LogP contribution in [0.5, 0.6) is 0 Å². The van der Waals surface area contributed by atoms with Crippen LogP contribution in [-0.4, -0.2) is 71.6 Å². The van der Waals surface area contributed by atoms with Crippen molar-refractivity contribution in [2.45, 2.75) is 30.3 Å². The summed E-state index contributed by atoms with van der Waals surface area (Å²) in [6.45, 7) is 1.38. The number of aromatic nitrogens is 2. The highest BCUT2D eigenvalue weighted by Crippen LogP contribution is 2.16. The molecule has 1 atom stereocenters. The van der Waals surface area contributed by atoms with Crippen LogP contribution in [0.2, 0.25) is 0 Å². The van der Waals surface area contributed by atoms with Crippen LogP contribution < -0.4 is 10.9 Å². The van der Waals surface area contributed by atoms with Crippen molar-refractivity contribution in [2.24, 2.45) is 0 Å². The second kappa shape index (κ2) is 6.87. The lowest BCUT2D eigenvalue weighted by Gasteiger charge is -2.29. The van der Waals surface area contributed by atoms with Gasteiger partial charge in [-0.15, -0.1) is 0 Å². The fraction of sp³-hybridized carbons (Fsp3) is 0.615. The average Bonchev–Trinajstić information content (AvgIpc) is 3.00. The van der Waals surface area contributed by atoms with Gasteiger partial charge in [0.1, 0.15) is 6.04 Å². The van der Waals surface area contributed by atoms with Crippen molar-refractivity contribution in [3.05, 3.63) is 12.5 Å². The third-order valence-corrected chi connectivity index (χ3v) is 6.03. The highest BCUT2D eigenvalue weighted by atomic mass is 32.2. The Bertz CT molecular complexity index is 694. The van der Waals surface area contributed by atoms with Gasteiger partial charge in [0.25, 0.3) is 10.0 Å². The third kappa shape index (κ3) is 3.42. The molecule has 1 aromatic rings. The van der Waals surface area contributed by atoms with Crippen molar-refractivity contribution in [2.75, 3.05) is 26.2 Å². The monoisotopic (exact) mass is 356 g/mol. The number of hydrogen-bond acceptors (Lipinski definition) is 6. The fourth-order valence-electron chi connectivity index (χ4n) is 2.86. The number of rotatable bonds is 3. The summed E-state index contributed by atoms with van der Waals surface area (Å²) in [6.07, 6.45) is 3.90. The highest BCUT2D eigenvalue weighted by molar-refractivity contribution is 7.89. The SMILES string of the molecule is O=C1CCC(C(=O)N2CCCN(S(=O)(=O)c3cnc[nH]3)CC2)NN1. The molecule has 2 amide bonds. The Kier molecular flexibility index (Phi) is 4.83. The highest BCUT2D eigenvalue weighted by Gasteiger charge is 2.32. The van der Waals surface area contributed by atoms with Crippen molar-refractivity contribution < 1.29 is 18.0 Å². The third-order valence-electron chi connectivity index (χ3n) is 4.20. The molecule has 0 bridgehead atoms. The Morgan fingerprint density at radius 3 is 2.75 bits per heavy atom. The van der Waals surface area contributed by atoms with E-state index in [4.69, 9.17) is 0 Å². The maximum Gasteiger partial charge on any atom is 0.260 e. The van der Waals surface area contributed by atoms with E-state index in [9.17, 15) is 18.0 Å². The summed E-state index contributed by atoms with van der Waals surface area (Å²) in [4.78, 5) is 31.7. The largest absolute Gasteiger partial charge is 0.340 e.